The van der Waals surface area contributed by atoms with E-state index in [1.54, 1.807) is 18.2 Å². The molecule has 0 aliphatic rings. The van der Waals surface area contributed by atoms with Gasteiger partial charge in [0.05, 0.1) is 0 Å². The van der Waals surface area contributed by atoms with Gasteiger partial charge in [0.1, 0.15) is 0 Å². The van der Waals surface area contributed by atoms with Crippen LogP contribution in [-0.4, -0.2) is 31.8 Å². The molecule has 0 bridgehead atoms. The van der Waals surface area contributed by atoms with Crippen LogP contribution in [0.5, 0.6) is 0 Å². The summed E-state index contributed by atoms with van der Waals surface area (Å²) >= 11 is 0. The average molecular weight is 368 g/mol. The molecule has 0 unspecified atom stereocenters. The lowest BCUT2D eigenvalue weighted by atomic mass is 10.1. The van der Waals surface area contributed by atoms with Gasteiger partial charge in [0.2, 0.25) is 11.8 Å². The Morgan fingerprint density at radius 1 is 0.852 bits per heavy atom. The van der Waals surface area contributed by atoms with Gasteiger partial charge in [-0.1, -0.05) is 12.1 Å². The minimum absolute atomic E-state index is 0.262. The topological polar surface area (TPSA) is 90.5 Å². The van der Waals surface area contributed by atoms with Gasteiger partial charge in [-0.15, -0.1) is 0 Å². The Morgan fingerprint density at radius 2 is 1.37 bits per heavy atom. The molecule has 0 heterocycles. The van der Waals surface area contributed by atoms with Crippen LogP contribution < -0.4 is 20.9 Å². The van der Waals surface area contributed by atoms with Crippen LogP contribution in [0.4, 0.5) is 17.1 Å². The largest absolute Gasteiger partial charge is 0.378 e. The first-order valence-corrected chi connectivity index (χ1v) is 8.49. The van der Waals surface area contributed by atoms with Crippen molar-refractivity contribution >= 4 is 34.8 Å². The molecule has 27 heavy (non-hydrogen) atoms. The van der Waals surface area contributed by atoms with Crippen molar-refractivity contribution in [3.8, 4) is 0 Å². The van der Waals surface area contributed by atoms with Gasteiger partial charge in [-0.05, 0) is 35.9 Å². The number of hydrogen-bond acceptors (Lipinski definition) is 4. The first-order chi connectivity index (χ1) is 12.7. The molecule has 3 N–H and O–H groups in total. The van der Waals surface area contributed by atoms with Gasteiger partial charge in [-0.2, -0.15) is 0 Å². The molecule has 3 amide bonds. The van der Waals surface area contributed by atoms with Crippen molar-refractivity contribution in [2.45, 2.75) is 20.4 Å². The van der Waals surface area contributed by atoms with E-state index in [1.807, 2.05) is 43.3 Å². The quantitative estimate of drug-likeness (QED) is 0.731. The number of carbonyl (C=O) groups is 3. The number of hydrogen-bond donors (Lipinski definition) is 3. The summed E-state index contributed by atoms with van der Waals surface area (Å²) in [6.07, 6.45) is 0. The fourth-order valence-electron chi connectivity index (χ4n) is 2.51. The molecule has 7 heteroatoms. The standard InChI is InChI=1S/C20H24N4O3/c1-13(25)22-17-9-16(10-18(11-17)23-14(2)26)20(27)21-12-15-5-7-19(8-6-15)24(3)4/h5-11H,12H2,1-4H3,(H,21,27)(H,22,25)(H,23,26). The smallest absolute Gasteiger partial charge is 0.251 e. The minimum Gasteiger partial charge on any atom is -0.378 e. The highest BCUT2D eigenvalue weighted by molar-refractivity contribution is 5.99. The summed E-state index contributed by atoms with van der Waals surface area (Å²) in [5.74, 6) is -0.824. The molecule has 0 aliphatic heterocycles. The van der Waals surface area contributed by atoms with Crippen molar-refractivity contribution in [3.05, 3.63) is 53.6 Å². The SMILES string of the molecule is CC(=O)Nc1cc(NC(C)=O)cc(C(=O)NCc2ccc(N(C)C)cc2)c1. The molecule has 0 spiro atoms. The summed E-state index contributed by atoms with van der Waals surface area (Å²) < 4.78 is 0. The molecule has 0 aliphatic carbocycles. The second-order valence-corrected chi connectivity index (χ2v) is 6.40. The van der Waals surface area contributed by atoms with Crippen LogP contribution in [0.15, 0.2) is 42.5 Å². The highest BCUT2D eigenvalue weighted by Crippen LogP contribution is 2.20. The Kier molecular flexibility index (Phi) is 6.54. The van der Waals surface area contributed by atoms with Crippen molar-refractivity contribution in [2.24, 2.45) is 0 Å². The molecular weight excluding hydrogens is 344 g/mol. The van der Waals surface area contributed by atoms with Gasteiger partial charge in [-0.3, -0.25) is 14.4 Å². The van der Waals surface area contributed by atoms with Crippen LogP contribution in [-0.2, 0) is 16.1 Å². The second-order valence-electron chi connectivity index (χ2n) is 6.40. The van der Waals surface area contributed by atoms with E-state index in [9.17, 15) is 14.4 Å². The number of carbonyl (C=O) groups excluding carboxylic acids is 3. The fraction of sp³-hybridized carbons (Fsp3) is 0.250. The fourth-order valence-corrected chi connectivity index (χ4v) is 2.51. The molecule has 2 aromatic rings. The Hall–Kier alpha value is -3.35. The number of benzene rings is 2. The normalized spacial score (nSPS) is 10.1. The van der Waals surface area contributed by atoms with Crippen LogP contribution in [0.1, 0.15) is 29.8 Å². The van der Waals surface area contributed by atoms with Crippen molar-refractivity contribution < 1.29 is 14.4 Å². The van der Waals surface area contributed by atoms with Gasteiger partial charge >= 0.3 is 0 Å². The Bertz CT molecular complexity index is 811. The third-order valence-electron chi connectivity index (χ3n) is 3.74. The molecule has 0 saturated carbocycles. The number of nitrogens with one attached hydrogen (secondary N) is 3. The zero-order valence-electron chi connectivity index (χ0n) is 15.9. The Balaban J connectivity index is 2.13. The molecule has 0 atom stereocenters. The van der Waals surface area contributed by atoms with Crippen LogP contribution in [0.25, 0.3) is 0 Å². The van der Waals surface area contributed by atoms with Crippen LogP contribution in [0.3, 0.4) is 0 Å². The molecule has 2 aromatic carbocycles. The lowest BCUT2D eigenvalue weighted by molar-refractivity contribution is -0.115. The number of anilines is 3. The highest BCUT2D eigenvalue weighted by atomic mass is 16.2. The zero-order valence-corrected chi connectivity index (χ0v) is 15.9. The van der Waals surface area contributed by atoms with Crippen molar-refractivity contribution in [1.29, 1.82) is 0 Å². The Labute approximate surface area is 158 Å². The van der Waals surface area contributed by atoms with Crippen molar-refractivity contribution in [3.63, 3.8) is 0 Å². The predicted octanol–water partition coefficient (Wildman–Crippen LogP) is 2.60. The molecule has 0 saturated heterocycles. The minimum atomic E-state index is -0.300. The first-order valence-electron chi connectivity index (χ1n) is 8.49. The third kappa shape index (κ3) is 6.14. The van der Waals surface area contributed by atoms with Crippen LogP contribution in [0, 0.1) is 0 Å². The summed E-state index contributed by atoms with van der Waals surface area (Å²) in [5.41, 5.74) is 3.26. The van der Waals surface area contributed by atoms with E-state index in [-0.39, 0.29) is 17.7 Å². The molecule has 0 aromatic heterocycles. The lowest BCUT2D eigenvalue weighted by Gasteiger charge is -2.13. The van der Waals surface area contributed by atoms with Gasteiger partial charge in [0.25, 0.3) is 5.91 Å². The Morgan fingerprint density at radius 3 is 1.81 bits per heavy atom. The monoisotopic (exact) mass is 368 g/mol. The average Bonchev–Trinajstić information content (AvgIpc) is 2.58. The summed E-state index contributed by atoms with van der Waals surface area (Å²) in [7, 11) is 3.93. The summed E-state index contributed by atoms with van der Waals surface area (Å²) in [6.45, 7) is 3.12. The number of nitrogens with zero attached hydrogens (tertiary/aromatic N) is 1. The van der Waals surface area contributed by atoms with Gasteiger partial charge < -0.3 is 20.9 Å². The van der Waals surface area contributed by atoms with Crippen molar-refractivity contribution in [2.75, 3.05) is 29.6 Å². The first kappa shape index (κ1) is 20.0. The molecule has 0 fully saturated rings. The van der Waals surface area contributed by atoms with Crippen molar-refractivity contribution in [1.82, 2.24) is 5.32 Å². The number of rotatable bonds is 6. The maximum absolute atomic E-state index is 12.5. The van der Waals surface area contributed by atoms with Gasteiger partial charge in [0.15, 0.2) is 0 Å². The van der Waals surface area contributed by atoms with E-state index in [0.717, 1.165) is 11.3 Å². The third-order valence-corrected chi connectivity index (χ3v) is 3.74. The molecular formula is C20H24N4O3. The van der Waals surface area contributed by atoms with Gasteiger partial charge in [-0.25, -0.2) is 0 Å². The molecule has 0 radical (unpaired) electrons. The summed E-state index contributed by atoms with van der Waals surface area (Å²) in [6, 6.07) is 12.6. The second kappa shape index (κ2) is 8.84. The molecule has 7 nitrogen and oxygen atoms in total. The maximum atomic E-state index is 12.5. The maximum Gasteiger partial charge on any atom is 0.251 e. The van der Waals surface area contributed by atoms with Gasteiger partial charge in [0, 0.05) is 57.1 Å². The van der Waals surface area contributed by atoms with E-state index in [4.69, 9.17) is 0 Å². The van der Waals surface area contributed by atoms with Crippen LogP contribution in [0.2, 0.25) is 0 Å². The number of amides is 3. The van der Waals surface area contributed by atoms with Crippen LogP contribution >= 0.6 is 0 Å². The predicted molar refractivity (Wildman–Crippen MR) is 107 cm³/mol. The lowest BCUT2D eigenvalue weighted by Crippen LogP contribution is -2.23. The van der Waals surface area contributed by atoms with E-state index >= 15 is 0 Å². The van der Waals surface area contributed by atoms with E-state index in [1.165, 1.54) is 13.8 Å². The highest BCUT2D eigenvalue weighted by Gasteiger charge is 2.10. The van der Waals surface area contributed by atoms with E-state index < -0.39 is 0 Å². The summed E-state index contributed by atoms with van der Waals surface area (Å²) in [5, 5.41) is 8.11. The molecule has 142 valence electrons. The van der Waals surface area contributed by atoms with E-state index in [0.29, 0.717) is 23.5 Å². The molecule has 2 rings (SSSR count). The zero-order chi connectivity index (χ0) is 20.0. The summed E-state index contributed by atoms with van der Waals surface area (Å²) in [4.78, 5) is 37.1. The van der Waals surface area contributed by atoms with E-state index in [2.05, 4.69) is 16.0 Å².